The van der Waals surface area contributed by atoms with E-state index in [1.54, 1.807) is 0 Å². The van der Waals surface area contributed by atoms with Gasteiger partial charge in [0.2, 0.25) is 5.91 Å². The van der Waals surface area contributed by atoms with Crippen LogP contribution in [0.15, 0.2) is 4.52 Å². The lowest BCUT2D eigenvalue weighted by Gasteiger charge is -2.32. The molecule has 0 aromatic carbocycles. The van der Waals surface area contributed by atoms with Crippen LogP contribution in [0.25, 0.3) is 0 Å². The number of rotatable bonds is 8. The van der Waals surface area contributed by atoms with Crippen LogP contribution >= 0.6 is 0 Å². The zero-order valence-corrected chi connectivity index (χ0v) is 15.7. The molecule has 1 aromatic rings. The molecule has 1 aromatic heterocycles. The van der Waals surface area contributed by atoms with Gasteiger partial charge in [-0.25, -0.2) is 0 Å². The fraction of sp³-hybridized carbons (Fsp3) is 0.722. The molecule has 0 bridgehead atoms. The third kappa shape index (κ3) is 5.85. The van der Waals surface area contributed by atoms with Gasteiger partial charge in [0, 0.05) is 18.5 Å². The number of unbranched alkanes of at least 4 members (excludes halogenated alkanes) is 1. The van der Waals surface area contributed by atoms with Crippen molar-refractivity contribution in [1.29, 1.82) is 0 Å². The minimum absolute atomic E-state index is 0.113. The smallest absolute Gasteiger partial charge is 0.275 e. The maximum atomic E-state index is 12.4. The van der Waals surface area contributed by atoms with E-state index in [0.717, 1.165) is 62.6 Å². The van der Waals surface area contributed by atoms with Gasteiger partial charge in [-0.15, -0.1) is 0 Å². The number of carbonyl (C=O) groups excluding carboxylic acids is 2. The van der Waals surface area contributed by atoms with Crippen molar-refractivity contribution in [1.82, 2.24) is 15.4 Å². The van der Waals surface area contributed by atoms with Crippen LogP contribution in [-0.2, 0) is 16.0 Å². The molecule has 2 amide bonds. The Morgan fingerprint density at radius 2 is 2.00 bits per heavy atom. The number of nitrogens with zero attached hydrogens (tertiary/aromatic N) is 2. The average molecular weight is 351 g/mol. The first-order chi connectivity index (χ1) is 12.0. The van der Waals surface area contributed by atoms with Crippen LogP contribution in [0.4, 0.5) is 0 Å². The Bertz CT molecular complexity index is 557. The molecular formula is C18H31N4O3+. The number of nitrogens with one attached hydrogen (secondary N) is 2. The summed E-state index contributed by atoms with van der Waals surface area (Å²) in [5.74, 6) is 1.08. The molecule has 2 heterocycles. The number of aromatic nitrogens is 1. The van der Waals surface area contributed by atoms with Gasteiger partial charge < -0.3 is 19.6 Å². The largest absolute Gasteiger partial charge is 0.361 e. The standard InChI is InChI=1S/C18H30N4O3/c1-4-5-8-19-17(23)13-21-9-11-22(12-10-21)18(24)7-6-16-14(2)20-25-15(16)3/h4-13H2,1-3H3,(H,19,23)/p+1. The van der Waals surface area contributed by atoms with E-state index in [-0.39, 0.29) is 11.8 Å². The quantitative estimate of drug-likeness (QED) is 0.640. The summed E-state index contributed by atoms with van der Waals surface area (Å²) in [6.45, 7) is 10.3. The highest BCUT2D eigenvalue weighted by molar-refractivity contribution is 5.77. The fourth-order valence-electron chi connectivity index (χ4n) is 3.19. The first-order valence-corrected chi connectivity index (χ1v) is 9.31. The van der Waals surface area contributed by atoms with Crippen LogP contribution in [-0.4, -0.2) is 61.1 Å². The molecule has 1 saturated heterocycles. The molecule has 0 saturated carbocycles. The number of quaternary nitrogens is 1. The minimum Gasteiger partial charge on any atom is -0.361 e. The van der Waals surface area contributed by atoms with Crippen LogP contribution in [0.5, 0.6) is 0 Å². The van der Waals surface area contributed by atoms with Crippen molar-refractivity contribution in [2.75, 3.05) is 39.3 Å². The van der Waals surface area contributed by atoms with Crippen molar-refractivity contribution in [2.45, 2.75) is 46.5 Å². The van der Waals surface area contributed by atoms with Gasteiger partial charge in [0.1, 0.15) is 5.76 Å². The van der Waals surface area contributed by atoms with E-state index in [1.807, 2.05) is 18.7 Å². The molecule has 0 aliphatic carbocycles. The molecule has 25 heavy (non-hydrogen) atoms. The van der Waals surface area contributed by atoms with E-state index in [0.29, 0.717) is 19.4 Å². The van der Waals surface area contributed by atoms with Gasteiger partial charge in [0.25, 0.3) is 5.91 Å². The predicted molar refractivity (Wildman–Crippen MR) is 94.4 cm³/mol. The zero-order chi connectivity index (χ0) is 18.2. The van der Waals surface area contributed by atoms with Crippen molar-refractivity contribution in [2.24, 2.45) is 0 Å². The van der Waals surface area contributed by atoms with Crippen molar-refractivity contribution in [3.05, 3.63) is 17.0 Å². The van der Waals surface area contributed by atoms with E-state index >= 15 is 0 Å². The molecule has 1 aliphatic heterocycles. The normalized spacial score (nSPS) is 15.4. The van der Waals surface area contributed by atoms with Gasteiger partial charge >= 0.3 is 0 Å². The van der Waals surface area contributed by atoms with Crippen molar-refractivity contribution < 1.29 is 19.0 Å². The van der Waals surface area contributed by atoms with E-state index in [2.05, 4.69) is 17.4 Å². The van der Waals surface area contributed by atoms with Crippen LogP contribution in [0.2, 0.25) is 0 Å². The molecular weight excluding hydrogens is 320 g/mol. The summed E-state index contributed by atoms with van der Waals surface area (Å²) in [6, 6.07) is 0. The highest BCUT2D eigenvalue weighted by Crippen LogP contribution is 2.14. The van der Waals surface area contributed by atoms with Gasteiger partial charge in [0.15, 0.2) is 6.54 Å². The number of carbonyl (C=O) groups is 2. The van der Waals surface area contributed by atoms with Crippen LogP contribution in [0.1, 0.15) is 43.2 Å². The SMILES string of the molecule is CCCCNC(=O)C[NH+]1CCN(C(=O)CCc2c(C)noc2C)CC1. The zero-order valence-electron chi connectivity index (χ0n) is 15.7. The number of hydrogen-bond donors (Lipinski definition) is 2. The molecule has 7 nitrogen and oxygen atoms in total. The molecule has 1 aliphatic rings. The first-order valence-electron chi connectivity index (χ1n) is 9.31. The number of amides is 2. The first kappa shape index (κ1) is 19.4. The lowest BCUT2D eigenvalue weighted by molar-refractivity contribution is -0.896. The van der Waals surface area contributed by atoms with Crippen molar-refractivity contribution >= 4 is 11.8 Å². The summed E-state index contributed by atoms with van der Waals surface area (Å²) >= 11 is 0. The molecule has 0 unspecified atom stereocenters. The average Bonchev–Trinajstić information content (AvgIpc) is 2.92. The van der Waals surface area contributed by atoms with E-state index < -0.39 is 0 Å². The third-order valence-corrected chi connectivity index (χ3v) is 4.86. The van der Waals surface area contributed by atoms with Crippen LogP contribution < -0.4 is 10.2 Å². The summed E-state index contributed by atoms with van der Waals surface area (Å²) in [4.78, 5) is 27.4. The Labute approximate surface area is 149 Å². The monoisotopic (exact) mass is 351 g/mol. The van der Waals surface area contributed by atoms with E-state index in [1.165, 1.54) is 4.90 Å². The highest BCUT2D eigenvalue weighted by Gasteiger charge is 2.25. The molecule has 2 rings (SSSR count). The second kappa shape index (κ2) is 9.56. The molecule has 0 atom stereocenters. The predicted octanol–water partition coefficient (Wildman–Crippen LogP) is -0.133. The van der Waals surface area contributed by atoms with Crippen molar-refractivity contribution in [3.8, 4) is 0 Å². The second-order valence-corrected chi connectivity index (χ2v) is 6.81. The maximum absolute atomic E-state index is 12.4. The Hall–Kier alpha value is -1.89. The summed E-state index contributed by atoms with van der Waals surface area (Å²) in [7, 11) is 0. The number of piperazine rings is 1. The molecule has 140 valence electrons. The number of hydrogen-bond acceptors (Lipinski definition) is 4. The Morgan fingerprint density at radius 1 is 1.28 bits per heavy atom. The van der Waals surface area contributed by atoms with Gasteiger partial charge in [-0.05, 0) is 26.7 Å². The minimum atomic E-state index is 0.113. The third-order valence-electron chi connectivity index (χ3n) is 4.86. The second-order valence-electron chi connectivity index (χ2n) is 6.81. The molecule has 2 N–H and O–H groups in total. The summed E-state index contributed by atoms with van der Waals surface area (Å²) < 4.78 is 5.14. The van der Waals surface area contributed by atoms with Crippen LogP contribution in [0.3, 0.4) is 0 Å². The summed E-state index contributed by atoms with van der Waals surface area (Å²) in [6.07, 6.45) is 3.26. The Kier molecular flexibility index (Phi) is 7.43. The van der Waals surface area contributed by atoms with E-state index in [4.69, 9.17) is 4.52 Å². The Balaban J connectivity index is 1.69. The van der Waals surface area contributed by atoms with Crippen molar-refractivity contribution in [3.63, 3.8) is 0 Å². The van der Waals surface area contributed by atoms with Crippen LogP contribution in [0, 0.1) is 13.8 Å². The molecule has 7 heteroatoms. The van der Waals surface area contributed by atoms with Gasteiger partial charge in [-0.1, -0.05) is 18.5 Å². The summed E-state index contributed by atoms with van der Waals surface area (Å²) in [5.41, 5.74) is 1.91. The molecule has 0 spiro atoms. The van der Waals surface area contributed by atoms with Gasteiger partial charge in [-0.3, -0.25) is 9.59 Å². The van der Waals surface area contributed by atoms with Gasteiger partial charge in [0.05, 0.1) is 31.9 Å². The Morgan fingerprint density at radius 3 is 2.60 bits per heavy atom. The number of aryl methyl sites for hydroxylation is 2. The van der Waals surface area contributed by atoms with E-state index in [9.17, 15) is 9.59 Å². The molecule has 0 radical (unpaired) electrons. The lowest BCUT2D eigenvalue weighted by atomic mass is 10.1. The van der Waals surface area contributed by atoms with Gasteiger partial charge in [-0.2, -0.15) is 0 Å². The lowest BCUT2D eigenvalue weighted by Crippen LogP contribution is -3.15. The fourth-order valence-corrected chi connectivity index (χ4v) is 3.19. The summed E-state index contributed by atoms with van der Waals surface area (Å²) in [5, 5.41) is 6.89. The maximum Gasteiger partial charge on any atom is 0.275 e. The topological polar surface area (TPSA) is 79.9 Å². The molecule has 1 fully saturated rings. The highest BCUT2D eigenvalue weighted by atomic mass is 16.5.